The van der Waals surface area contributed by atoms with Gasteiger partial charge in [-0.25, -0.2) is 14.4 Å². The molecule has 2 heterocycles. The van der Waals surface area contributed by atoms with Crippen LogP contribution >= 0.6 is 0 Å². The number of nitrogens with zero attached hydrogens (tertiary/aromatic N) is 3. The van der Waals surface area contributed by atoms with E-state index in [1.807, 2.05) is 5.32 Å². The molecule has 8 nitrogen and oxygen atoms in total. The number of nitrogens with one attached hydrogen (secondary N) is 3. The van der Waals surface area contributed by atoms with Crippen molar-refractivity contribution in [3.8, 4) is 0 Å². The van der Waals surface area contributed by atoms with Crippen molar-refractivity contribution in [2.45, 2.75) is 50.0 Å². The van der Waals surface area contributed by atoms with Crippen LogP contribution in [0.4, 0.5) is 23.4 Å². The number of benzene rings is 1. The second-order valence-electron chi connectivity index (χ2n) is 7.64. The van der Waals surface area contributed by atoms with Gasteiger partial charge in [0.05, 0.1) is 29.6 Å². The van der Waals surface area contributed by atoms with Gasteiger partial charge in [-0.1, -0.05) is 12.1 Å². The Morgan fingerprint density at radius 1 is 1.28 bits per heavy atom. The van der Waals surface area contributed by atoms with E-state index in [1.54, 1.807) is 0 Å². The van der Waals surface area contributed by atoms with Crippen molar-refractivity contribution in [3.63, 3.8) is 0 Å². The van der Waals surface area contributed by atoms with E-state index in [0.29, 0.717) is 23.3 Å². The van der Waals surface area contributed by atoms with Gasteiger partial charge in [-0.3, -0.25) is 9.89 Å². The van der Waals surface area contributed by atoms with Crippen molar-refractivity contribution in [3.05, 3.63) is 47.7 Å². The number of aromatic amines is 1. The highest BCUT2D eigenvalue weighted by Crippen LogP contribution is 2.33. The molecule has 1 amide bonds. The molecule has 1 aliphatic rings. The number of aromatic nitrogens is 4. The van der Waals surface area contributed by atoms with Gasteiger partial charge in [0.2, 0.25) is 5.91 Å². The third-order valence-corrected chi connectivity index (χ3v) is 5.38. The van der Waals surface area contributed by atoms with Crippen LogP contribution in [0.3, 0.4) is 0 Å². The summed E-state index contributed by atoms with van der Waals surface area (Å²) in [5.74, 6) is -1.47. The smallest absolute Gasteiger partial charge is 0.391 e. The minimum absolute atomic E-state index is 0.147. The lowest BCUT2D eigenvalue weighted by atomic mass is 10.1. The van der Waals surface area contributed by atoms with E-state index in [9.17, 15) is 27.5 Å². The first kappa shape index (κ1) is 21.9. The molecule has 1 fully saturated rings. The summed E-state index contributed by atoms with van der Waals surface area (Å²) in [6, 6.07) is 1.36. The summed E-state index contributed by atoms with van der Waals surface area (Å²) in [4.78, 5) is 20.7. The molecule has 0 spiro atoms. The number of hydrogen-bond donors (Lipinski definition) is 4. The highest BCUT2D eigenvalue weighted by atomic mass is 19.4. The van der Waals surface area contributed by atoms with Gasteiger partial charge in [0.1, 0.15) is 18.0 Å². The maximum absolute atomic E-state index is 13.5. The van der Waals surface area contributed by atoms with Gasteiger partial charge in [-0.05, 0) is 37.0 Å². The van der Waals surface area contributed by atoms with Crippen LogP contribution in [0.5, 0.6) is 0 Å². The van der Waals surface area contributed by atoms with E-state index in [-0.39, 0.29) is 11.7 Å². The van der Waals surface area contributed by atoms with E-state index in [0.717, 1.165) is 37.1 Å². The molecule has 3 aromatic rings. The van der Waals surface area contributed by atoms with Crippen LogP contribution in [-0.2, 0) is 11.2 Å². The molecule has 0 unspecified atom stereocenters. The summed E-state index contributed by atoms with van der Waals surface area (Å²) < 4.78 is 54.1. The number of fused-ring (bicyclic) bond motifs is 1. The van der Waals surface area contributed by atoms with E-state index in [4.69, 9.17) is 0 Å². The SMILES string of the molecule is O=C(Cc1n[nH]c2ncnc(N[C@@H]3CCC[C@H]3O)c12)N[C@H](c1cccc(F)c1)C(F)(F)F. The van der Waals surface area contributed by atoms with Crippen molar-refractivity contribution in [2.75, 3.05) is 5.32 Å². The van der Waals surface area contributed by atoms with Crippen molar-refractivity contribution in [2.24, 2.45) is 0 Å². The number of aliphatic hydroxyl groups excluding tert-OH is 1. The minimum atomic E-state index is -4.83. The van der Waals surface area contributed by atoms with Crippen LogP contribution in [0.25, 0.3) is 11.0 Å². The predicted molar refractivity (Wildman–Crippen MR) is 106 cm³/mol. The molecule has 3 atom stereocenters. The van der Waals surface area contributed by atoms with E-state index in [1.165, 1.54) is 6.33 Å². The Bertz CT molecular complexity index is 1120. The van der Waals surface area contributed by atoms with E-state index in [2.05, 4.69) is 25.5 Å². The first-order valence-electron chi connectivity index (χ1n) is 9.96. The van der Waals surface area contributed by atoms with Gasteiger partial charge < -0.3 is 15.7 Å². The normalized spacial score (nSPS) is 19.8. The summed E-state index contributed by atoms with van der Waals surface area (Å²) in [6.07, 6.45) is -2.39. The first-order chi connectivity index (χ1) is 15.2. The second kappa shape index (κ2) is 8.69. The Balaban J connectivity index is 1.56. The molecule has 32 heavy (non-hydrogen) atoms. The molecule has 12 heteroatoms. The fraction of sp³-hybridized carbons (Fsp3) is 0.400. The molecular formula is C20H20F4N6O2. The Kier molecular flexibility index (Phi) is 5.96. The number of H-pyrrole nitrogens is 1. The molecule has 1 aromatic carbocycles. The zero-order valence-electron chi connectivity index (χ0n) is 16.7. The number of carbonyl (C=O) groups excluding carboxylic acids is 1. The van der Waals surface area contributed by atoms with Crippen LogP contribution < -0.4 is 10.6 Å². The maximum atomic E-state index is 13.5. The number of alkyl halides is 3. The largest absolute Gasteiger partial charge is 0.412 e. The molecule has 1 aliphatic carbocycles. The first-order valence-corrected chi connectivity index (χ1v) is 9.96. The lowest BCUT2D eigenvalue weighted by Gasteiger charge is -2.22. The zero-order chi connectivity index (χ0) is 22.9. The third-order valence-electron chi connectivity index (χ3n) is 5.38. The molecule has 0 bridgehead atoms. The number of aliphatic hydroxyl groups is 1. The number of hydrogen-bond acceptors (Lipinski definition) is 6. The Morgan fingerprint density at radius 2 is 2.09 bits per heavy atom. The average molecular weight is 452 g/mol. The molecule has 0 saturated heterocycles. The number of rotatable bonds is 6. The molecule has 170 valence electrons. The third kappa shape index (κ3) is 4.64. The van der Waals surface area contributed by atoms with Crippen LogP contribution in [0.2, 0.25) is 0 Å². The van der Waals surface area contributed by atoms with Gasteiger partial charge in [-0.15, -0.1) is 0 Å². The van der Waals surface area contributed by atoms with Gasteiger partial charge in [0, 0.05) is 0 Å². The lowest BCUT2D eigenvalue weighted by molar-refractivity contribution is -0.163. The van der Waals surface area contributed by atoms with Gasteiger partial charge >= 0.3 is 6.18 Å². The van der Waals surface area contributed by atoms with Gasteiger partial charge in [-0.2, -0.15) is 18.3 Å². The fourth-order valence-corrected chi connectivity index (χ4v) is 3.85. The maximum Gasteiger partial charge on any atom is 0.412 e. The van der Waals surface area contributed by atoms with Crippen molar-refractivity contribution >= 4 is 22.8 Å². The molecule has 1 saturated carbocycles. The van der Waals surface area contributed by atoms with Gasteiger partial charge in [0.15, 0.2) is 11.7 Å². The zero-order valence-corrected chi connectivity index (χ0v) is 16.7. The number of amides is 1. The number of halogens is 4. The summed E-state index contributed by atoms with van der Waals surface area (Å²) in [7, 11) is 0. The molecule has 4 N–H and O–H groups in total. The minimum Gasteiger partial charge on any atom is -0.391 e. The molecular weight excluding hydrogens is 432 g/mol. The predicted octanol–water partition coefficient (Wildman–Crippen LogP) is 2.78. The molecule has 0 aliphatic heterocycles. The summed E-state index contributed by atoms with van der Waals surface area (Å²) in [5, 5.41) is 22.1. The number of carbonyl (C=O) groups is 1. The number of anilines is 1. The second-order valence-corrected chi connectivity index (χ2v) is 7.64. The Morgan fingerprint density at radius 3 is 2.78 bits per heavy atom. The van der Waals surface area contributed by atoms with Crippen molar-refractivity contribution < 1.29 is 27.5 Å². The average Bonchev–Trinajstić information content (AvgIpc) is 3.32. The van der Waals surface area contributed by atoms with E-state index < -0.39 is 42.0 Å². The standard InChI is InChI=1S/C20H20F4N6O2/c21-11-4-1-3-10(7-11)17(20(22,23)24)28-15(32)8-13-16-18(25-9-26-19(16)30-29-13)27-12-5-2-6-14(12)31/h1,3-4,7,9,12,14,17,31H,2,5-6,8H2,(H,28,32)(H2,25,26,27,29,30)/t12-,14-,17-/m1/s1. The monoisotopic (exact) mass is 452 g/mol. The highest BCUT2D eigenvalue weighted by Gasteiger charge is 2.42. The van der Waals surface area contributed by atoms with Crippen LogP contribution in [0, 0.1) is 5.82 Å². The fourth-order valence-electron chi connectivity index (χ4n) is 3.85. The van der Waals surface area contributed by atoms with Gasteiger partial charge in [0.25, 0.3) is 0 Å². The summed E-state index contributed by atoms with van der Waals surface area (Å²) >= 11 is 0. The van der Waals surface area contributed by atoms with Crippen LogP contribution in [0.15, 0.2) is 30.6 Å². The summed E-state index contributed by atoms with van der Waals surface area (Å²) in [5.41, 5.74) is 0.0298. The summed E-state index contributed by atoms with van der Waals surface area (Å²) in [6.45, 7) is 0. The molecule has 2 aromatic heterocycles. The Labute approximate surface area is 179 Å². The lowest BCUT2D eigenvalue weighted by Crippen LogP contribution is -2.39. The molecule has 0 radical (unpaired) electrons. The van der Waals surface area contributed by atoms with Crippen LogP contribution in [0.1, 0.15) is 36.6 Å². The quantitative estimate of drug-likeness (QED) is 0.428. The molecule has 4 rings (SSSR count). The topological polar surface area (TPSA) is 116 Å². The Hall–Kier alpha value is -3.28. The van der Waals surface area contributed by atoms with E-state index >= 15 is 0 Å². The highest BCUT2D eigenvalue weighted by molar-refractivity contribution is 5.92. The van der Waals surface area contributed by atoms with Crippen molar-refractivity contribution in [1.29, 1.82) is 0 Å². The van der Waals surface area contributed by atoms with Crippen molar-refractivity contribution in [1.82, 2.24) is 25.5 Å². The van der Waals surface area contributed by atoms with Crippen LogP contribution in [-0.4, -0.2) is 49.5 Å².